The van der Waals surface area contributed by atoms with Crippen molar-refractivity contribution in [1.82, 2.24) is 4.90 Å². The second-order valence-electron chi connectivity index (χ2n) is 6.64. The molecule has 3 rings (SSSR count). The number of nitrogens with zero attached hydrogens (tertiary/aromatic N) is 2. The number of aliphatic imine (C=N–C) groups is 1. The van der Waals surface area contributed by atoms with Crippen molar-refractivity contribution in [3.05, 3.63) is 72.3 Å². The SMILES string of the molecule is C=CCN1C(=O)[C@H](CC(=O)Nc2ccc(C)cc2C)SC1=Nc1ccccc1. The minimum absolute atomic E-state index is 0.0955. The molecule has 2 amide bonds. The van der Waals surface area contributed by atoms with E-state index in [0.29, 0.717) is 11.7 Å². The van der Waals surface area contributed by atoms with Crippen LogP contribution in [0.3, 0.4) is 0 Å². The lowest BCUT2D eigenvalue weighted by atomic mass is 10.1. The van der Waals surface area contributed by atoms with Crippen molar-refractivity contribution >= 4 is 40.1 Å². The van der Waals surface area contributed by atoms with E-state index in [-0.39, 0.29) is 18.2 Å². The van der Waals surface area contributed by atoms with E-state index in [0.717, 1.165) is 22.5 Å². The Morgan fingerprint density at radius 3 is 2.68 bits per heavy atom. The summed E-state index contributed by atoms with van der Waals surface area (Å²) in [7, 11) is 0. The van der Waals surface area contributed by atoms with Gasteiger partial charge >= 0.3 is 0 Å². The molecule has 0 radical (unpaired) electrons. The Labute approximate surface area is 169 Å². The first-order valence-corrected chi connectivity index (χ1v) is 9.95. The number of amidine groups is 1. The summed E-state index contributed by atoms with van der Waals surface area (Å²) < 4.78 is 0. The van der Waals surface area contributed by atoms with E-state index in [1.165, 1.54) is 11.8 Å². The van der Waals surface area contributed by atoms with Crippen molar-refractivity contribution in [3.8, 4) is 0 Å². The summed E-state index contributed by atoms with van der Waals surface area (Å²) in [5.74, 6) is -0.298. The number of rotatable bonds is 6. The fourth-order valence-electron chi connectivity index (χ4n) is 2.96. The maximum atomic E-state index is 12.8. The average molecular weight is 394 g/mol. The van der Waals surface area contributed by atoms with Crippen LogP contribution in [0.4, 0.5) is 11.4 Å². The number of carbonyl (C=O) groups is 2. The molecule has 2 aromatic rings. The fraction of sp³-hybridized carbons (Fsp3) is 0.227. The van der Waals surface area contributed by atoms with Gasteiger partial charge in [-0.25, -0.2) is 4.99 Å². The molecule has 144 valence electrons. The van der Waals surface area contributed by atoms with Crippen LogP contribution in [0.2, 0.25) is 0 Å². The third-order valence-corrected chi connectivity index (χ3v) is 5.51. The molecule has 1 N–H and O–H groups in total. The van der Waals surface area contributed by atoms with Crippen LogP contribution in [0.5, 0.6) is 0 Å². The van der Waals surface area contributed by atoms with E-state index >= 15 is 0 Å². The molecule has 0 saturated carbocycles. The van der Waals surface area contributed by atoms with E-state index in [1.807, 2.05) is 62.4 Å². The van der Waals surface area contributed by atoms with Gasteiger partial charge in [-0.1, -0.05) is 53.7 Å². The van der Waals surface area contributed by atoms with Crippen molar-refractivity contribution in [2.24, 2.45) is 4.99 Å². The van der Waals surface area contributed by atoms with Crippen molar-refractivity contribution in [2.45, 2.75) is 25.5 Å². The Hall–Kier alpha value is -2.86. The van der Waals surface area contributed by atoms with Crippen molar-refractivity contribution < 1.29 is 9.59 Å². The van der Waals surface area contributed by atoms with E-state index in [1.54, 1.807) is 11.0 Å². The van der Waals surface area contributed by atoms with Crippen molar-refractivity contribution in [1.29, 1.82) is 0 Å². The molecule has 1 atom stereocenters. The van der Waals surface area contributed by atoms with Crippen molar-refractivity contribution in [3.63, 3.8) is 0 Å². The smallest absolute Gasteiger partial charge is 0.242 e. The second-order valence-corrected chi connectivity index (χ2v) is 7.81. The highest BCUT2D eigenvalue weighted by molar-refractivity contribution is 8.15. The van der Waals surface area contributed by atoms with E-state index in [4.69, 9.17) is 0 Å². The quantitative estimate of drug-likeness (QED) is 0.738. The molecular weight excluding hydrogens is 370 g/mol. The maximum Gasteiger partial charge on any atom is 0.242 e. The van der Waals surface area contributed by atoms with Gasteiger partial charge in [0.05, 0.1) is 5.69 Å². The van der Waals surface area contributed by atoms with Gasteiger partial charge in [0.1, 0.15) is 5.25 Å². The van der Waals surface area contributed by atoms with Crippen LogP contribution >= 0.6 is 11.8 Å². The molecule has 0 unspecified atom stereocenters. The summed E-state index contributed by atoms with van der Waals surface area (Å²) in [6.07, 6.45) is 1.76. The van der Waals surface area contributed by atoms with Crippen LogP contribution in [0.25, 0.3) is 0 Å². The monoisotopic (exact) mass is 393 g/mol. The van der Waals surface area contributed by atoms with E-state index < -0.39 is 5.25 Å². The number of carbonyl (C=O) groups excluding carboxylic acids is 2. The van der Waals surface area contributed by atoms with Gasteiger partial charge in [-0.3, -0.25) is 14.5 Å². The Bertz CT molecular complexity index is 925. The first-order chi connectivity index (χ1) is 13.5. The molecule has 28 heavy (non-hydrogen) atoms. The molecule has 0 aromatic heterocycles. The van der Waals surface area contributed by atoms with Gasteiger partial charge in [-0.2, -0.15) is 0 Å². The topological polar surface area (TPSA) is 61.8 Å². The minimum atomic E-state index is -0.492. The number of anilines is 1. The highest BCUT2D eigenvalue weighted by atomic mass is 32.2. The zero-order chi connectivity index (χ0) is 20.1. The molecule has 1 saturated heterocycles. The number of nitrogens with one attached hydrogen (secondary N) is 1. The second kappa shape index (κ2) is 8.89. The van der Waals surface area contributed by atoms with E-state index in [2.05, 4.69) is 16.9 Å². The zero-order valence-corrected chi connectivity index (χ0v) is 16.8. The Kier molecular flexibility index (Phi) is 6.31. The number of hydrogen-bond donors (Lipinski definition) is 1. The van der Waals surface area contributed by atoms with E-state index in [9.17, 15) is 9.59 Å². The minimum Gasteiger partial charge on any atom is -0.326 e. The normalized spacial score (nSPS) is 17.8. The zero-order valence-electron chi connectivity index (χ0n) is 16.0. The van der Waals surface area contributed by atoms with Gasteiger partial charge in [-0.05, 0) is 37.6 Å². The Balaban J connectivity index is 1.73. The largest absolute Gasteiger partial charge is 0.326 e. The fourth-order valence-corrected chi connectivity index (χ4v) is 4.13. The summed E-state index contributed by atoms with van der Waals surface area (Å²) in [4.78, 5) is 31.5. The average Bonchev–Trinajstić information content (AvgIpc) is 2.94. The summed E-state index contributed by atoms with van der Waals surface area (Å²) >= 11 is 1.32. The standard InChI is InChI=1S/C22H23N3O2S/c1-4-12-25-21(27)19(28-22(25)23-17-8-6-5-7-9-17)14-20(26)24-18-11-10-15(2)13-16(18)3/h4-11,13,19H,1,12,14H2,2-3H3,(H,24,26)/t19-/m0/s1. The lowest BCUT2D eigenvalue weighted by Crippen LogP contribution is -2.33. The molecule has 1 aliphatic rings. The molecule has 6 heteroatoms. The molecule has 1 aliphatic heterocycles. The first kappa shape index (κ1) is 19.9. The number of para-hydroxylation sites is 1. The van der Waals surface area contributed by atoms with Crippen LogP contribution < -0.4 is 5.32 Å². The molecule has 0 spiro atoms. The predicted molar refractivity (Wildman–Crippen MR) is 116 cm³/mol. The number of hydrogen-bond acceptors (Lipinski definition) is 4. The molecule has 1 heterocycles. The third kappa shape index (κ3) is 4.70. The van der Waals surface area contributed by atoms with Crippen LogP contribution in [0.1, 0.15) is 17.5 Å². The molecule has 2 aromatic carbocycles. The predicted octanol–water partition coefficient (Wildman–Crippen LogP) is 4.45. The lowest BCUT2D eigenvalue weighted by Gasteiger charge is -2.14. The van der Waals surface area contributed by atoms with Crippen LogP contribution in [-0.2, 0) is 9.59 Å². The molecular formula is C22H23N3O2S. The number of aryl methyl sites for hydroxylation is 2. The number of amides is 2. The summed E-state index contributed by atoms with van der Waals surface area (Å²) in [5.41, 5.74) is 3.68. The Morgan fingerprint density at radius 2 is 2.00 bits per heavy atom. The third-order valence-electron chi connectivity index (χ3n) is 4.34. The van der Waals surface area contributed by atoms with Gasteiger partial charge in [-0.15, -0.1) is 6.58 Å². The van der Waals surface area contributed by atoms with Crippen LogP contribution in [-0.4, -0.2) is 33.7 Å². The first-order valence-electron chi connectivity index (χ1n) is 9.07. The summed E-state index contributed by atoms with van der Waals surface area (Å²) in [6, 6.07) is 15.3. The summed E-state index contributed by atoms with van der Waals surface area (Å²) in [5, 5.41) is 3.02. The number of thioether (sulfide) groups is 1. The molecule has 0 aliphatic carbocycles. The molecule has 5 nitrogen and oxygen atoms in total. The van der Waals surface area contributed by atoms with Crippen LogP contribution in [0.15, 0.2) is 66.2 Å². The van der Waals surface area contributed by atoms with Gasteiger partial charge in [0, 0.05) is 18.7 Å². The van der Waals surface area contributed by atoms with Gasteiger partial charge in [0.25, 0.3) is 0 Å². The molecule has 0 bridgehead atoms. The van der Waals surface area contributed by atoms with Crippen molar-refractivity contribution in [2.75, 3.05) is 11.9 Å². The maximum absolute atomic E-state index is 12.8. The lowest BCUT2D eigenvalue weighted by molar-refractivity contribution is -0.127. The molecule has 1 fully saturated rings. The van der Waals surface area contributed by atoms with Gasteiger partial charge in [0.2, 0.25) is 11.8 Å². The number of benzene rings is 2. The van der Waals surface area contributed by atoms with Gasteiger partial charge in [0.15, 0.2) is 5.17 Å². The Morgan fingerprint density at radius 1 is 1.25 bits per heavy atom. The summed E-state index contributed by atoms with van der Waals surface area (Å²) in [6.45, 7) is 8.05. The highest BCUT2D eigenvalue weighted by Gasteiger charge is 2.38. The van der Waals surface area contributed by atoms with Gasteiger partial charge < -0.3 is 5.32 Å². The highest BCUT2D eigenvalue weighted by Crippen LogP contribution is 2.32. The van der Waals surface area contributed by atoms with Crippen LogP contribution in [0, 0.1) is 13.8 Å².